The van der Waals surface area contributed by atoms with Crippen molar-refractivity contribution in [3.8, 4) is 11.3 Å². The van der Waals surface area contributed by atoms with Crippen LogP contribution in [0.15, 0.2) is 39.8 Å². The molecule has 2 heterocycles. The molecule has 144 valence electrons. The molecule has 0 radical (unpaired) electrons. The molecule has 0 aliphatic carbocycles. The van der Waals surface area contributed by atoms with E-state index in [-0.39, 0.29) is 23.7 Å². The van der Waals surface area contributed by atoms with Gasteiger partial charge in [0.2, 0.25) is 10.0 Å². The van der Waals surface area contributed by atoms with Gasteiger partial charge in [-0.1, -0.05) is 15.9 Å². The van der Waals surface area contributed by atoms with Gasteiger partial charge in [0.15, 0.2) is 0 Å². The zero-order valence-corrected chi connectivity index (χ0v) is 16.9. The molecule has 0 spiro atoms. The molecular formula is C17H18BrN3O5S. The van der Waals surface area contributed by atoms with Crippen molar-refractivity contribution in [2.45, 2.75) is 4.90 Å². The molecule has 1 fully saturated rings. The molecule has 27 heavy (non-hydrogen) atoms. The number of halogens is 1. The molecule has 0 saturated carbocycles. The third-order valence-electron chi connectivity index (χ3n) is 4.14. The van der Waals surface area contributed by atoms with Crippen molar-refractivity contribution in [1.29, 1.82) is 0 Å². The highest BCUT2D eigenvalue weighted by Gasteiger charge is 2.29. The number of anilines is 1. The van der Waals surface area contributed by atoms with Gasteiger partial charge in [-0.15, -0.1) is 0 Å². The summed E-state index contributed by atoms with van der Waals surface area (Å²) in [6, 6.07) is 6.08. The number of carbonyl (C=O) groups excluding carboxylic acids is 1. The van der Waals surface area contributed by atoms with Crippen molar-refractivity contribution in [2.24, 2.45) is 0 Å². The van der Waals surface area contributed by atoms with E-state index in [1.54, 1.807) is 6.07 Å². The maximum atomic E-state index is 12.9. The summed E-state index contributed by atoms with van der Waals surface area (Å²) in [5, 5.41) is 0. The van der Waals surface area contributed by atoms with Crippen LogP contribution in [0.4, 0.5) is 5.69 Å². The van der Waals surface area contributed by atoms with E-state index < -0.39 is 16.0 Å². The van der Waals surface area contributed by atoms with E-state index in [0.29, 0.717) is 34.5 Å². The summed E-state index contributed by atoms with van der Waals surface area (Å²) in [6.07, 6.45) is 1.47. The highest BCUT2D eigenvalue weighted by molar-refractivity contribution is 9.10. The third-order valence-corrected chi connectivity index (χ3v) is 6.75. The van der Waals surface area contributed by atoms with Crippen LogP contribution in [0, 0.1) is 0 Å². The smallest absolute Gasteiger partial charge is 0.337 e. The second-order valence-corrected chi connectivity index (χ2v) is 8.57. The van der Waals surface area contributed by atoms with Gasteiger partial charge in [-0.25, -0.2) is 13.2 Å². The molecule has 2 N–H and O–H groups in total. The van der Waals surface area contributed by atoms with E-state index in [2.05, 4.69) is 20.9 Å². The molecule has 10 heteroatoms. The van der Waals surface area contributed by atoms with Gasteiger partial charge in [-0.2, -0.15) is 4.31 Å². The summed E-state index contributed by atoms with van der Waals surface area (Å²) in [6.45, 7) is 1.26. The molecule has 0 unspecified atom stereocenters. The number of hydrogen-bond donors (Lipinski definition) is 1. The molecule has 8 nitrogen and oxygen atoms in total. The van der Waals surface area contributed by atoms with Crippen LogP contribution in [-0.4, -0.2) is 57.1 Å². The molecule has 0 bridgehead atoms. The number of pyridine rings is 1. The van der Waals surface area contributed by atoms with Crippen molar-refractivity contribution in [1.82, 2.24) is 9.29 Å². The monoisotopic (exact) mass is 455 g/mol. The van der Waals surface area contributed by atoms with Crippen molar-refractivity contribution >= 4 is 37.6 Å². The Kier molecular flexibility index (Phi) is 5.80. The molecule has 1 aliphatic heterocycles. The predicted octanol–water partition coefficient (Wildman–Crippen LogP) is 1.90. The van der Waals surface area contributed by atoms with Crippen LogP contribution in [0.5, 0.6) is 0 Å². The van der Waals surface area contributed by atoms with E-state index in [1.807, 2.05) is 0 Å². The van der Waals surface area contributed by atoms with E-state index in [4.69, 9.17) is 15.2 Å². The van der Waals surface area contributed by atoms with E-state index >= 15 is 0 Å². The summed E-state index contributed by atoms with van der Waals surface area (Å²) in [4.78, 5) is 16.0. The normalized spacial score (nSPS) is 15.5. The van der Waals surface area contributed by atoms with Crippen molar-refractivity contribution in [3.05, 3.63) is 40.5 Å². The highest BCUT2D eigenvalue weighted by Crippen LogP contribution is 2.35. The van der Waals surface area contributed by atoms with Gasteiger partial charge in [-0.05, 0) is 24.3 Å². The Labute approximate surface area is 165 Å². The molecule has 1 aliphatic rings. The number of rotatable bonds is 4. The van der Waals surface area contributed by atoms with E-state index in [1.165, 1.54) is 35.8 Å². The van der Waals surface area contributed by atoms with E-state index in [9.17, 15) is 13.2 Å². The Morgan fingerprint density at radius 3 is 2.67 bits per heavy atom. The third kappa shape index (κ3) is 3.98. The van der Waals surface area contributed by atoms with Crippen LogP contribution in [0.25, 0.3) is 11.3 Å². The van der Waals surface area contributed by atoms with Crippen molar-refractivity contribution < 1.29 is 22.7 Å². The number of nitrogens with zero attached hydrogens (tertiary/aromatic N) is 2. The number of methoxy groups -OCH3 is 1. The first kappa shape index (κ1) is 19.7. The number of nitrogen functional groups attached to an aromatic ring is 1. The van der Waals surface area contributed by atoms with Crippen LogP contribution in [0.3, 0.4) is 0 Å². The molecule has 2 aromatic rings. The summed E-state index contributed by atoms with van der Waals surface area (Å²) in [5.74, 6) is -0.491. The Bertz CT molecular complexity index is 975. The zero-order chi connectivity index (χ0) is 19.6. The number of morpholine rings is 1. The van der Waals surface area contributed by atoms with Crippen LogP contribution in [0.1, 0.15) is 10.4 Å². The molecule has 3 rings (SSSR count). The van der Waals surface area contributed by atoms with E-state index in [0.717, 1.165) is 0 Å². The minimum atomic E-state index is -3.74. The van der Waals surface area contributed by atoms with Gasteiger partial charge in [0.25, 0.3) is 0 Å². The van der Waals surface area contributed by atoms with Gasteiger partial charge in [0.1, 0.15) is 4.90 Å². The summed E-state index contributed by atoms with van der Waals surface area (Å²) in [5.41, 5.74) is 7.53. The van der Waals surface area contributed by atoms with Crippen molar-refractivity contribution in [2.75, 3.05) is 39.1 Å². The number of sulfonamides is 1. The second-order valence-electron chi connectivity index (χ2n) is 5.81. The van der Waals surface area contributed by atoms with Gasteiger partial charge in [0.05, 0.1) is 37.3 Å². The second kappa shape index (κ2) is 7.93. The van der Waals surface area contributed by atoms with Gasteiger partial charge in [0, 0.05) is 29.3 Å². The number of benzene rings is 1. The van der Waals surface area contributed by atoms with Crippen LogP contribution < -0.4 is 5.73 Å². The first-order valence-electron chi connectivity index (χ1n) is 8.06. The Morgan fingerprint density at radius 1 is 1.30 bits per heavy atom. The molecule has 0 amide bonds. The quantitative estimate of drug-likeness (QED) is 0.553. The highest BCUT2D eigenvalue weighted by atomic mass is 79.9. The summed E-state index contributed by atoms with van der Waals surface area (Å²) < 4.78 is 37.5. The number of nitrogens with two attached hydrogens (primary N) is 1. The molecule has 1 saturated heterocycles. The molecule has 1 aromatic carbocycles. The standard InChI is InChI=1S/C17H18BrN3O5S/c1-25-17(22)11-2-3-20-15(8-11)12-9-14(19)16(10-13(12)18)27(23,24)21-4-6-26-7-5-21/h2-3,8-10H,4-7,19H2,1H3. The zero-order valence-electron chi connectivity index (χ0n) is 14.5. The number of ether oxygens (including phenoxy) is 2. The Balaban J connectivity index is 2.02. The lowest BCUT2D eigenvalue weighted by atomic mass is 10.1. The number of esters is 1. The fourth-order valence-electron chi connectivity index (χ4n) is 2.74. The maximum absolute atomic E-state index is 12.9. The van der Waals surface area contributed by atoms with Crippen LogP contribution in [0.2, 0.25) is 0 Å². The number of carbonyl (C=O) groups is 1. The number of hydrogen-bond acceptors (Lipinski definition) is 7. The fourth-order valence-corrected chi connectivity index (χ4v) is 4.97. The maximum Gasteiger partial charge on any atom is 0.337 e. The van der Waals surface area contributed by atoms with Gasteiger partial charge >= 0.3 is 5.97 Å². The minimum absolute atomic E-state index is 0.0177. The fraction of sp³-hybridized carbons (Fsp3) is 0.294. The molecular weight excluding hydrogens is 438 g/mol. The predicted molar refractivity (Wildman–Crippen MR) is 103 cm³/mol. The lowest BCUT2D eigenvalue weighted by Crippen LogP contribution is -2.40. The van der Waals surface area contributed by atoms with Gasteiger partial charge in [-0.3, -0.25) is 4.98 Å². The first-order valence-corrected chi connectivity index (χ1v) is 10.3. The Hall–Kier alpha value is -2.01. The summed E-state index contributed by atoms with van der Waals surface area (Å²) in [7, 11) is -2.44. The molecule has 0 atom stereocenters. The van der Waals surface area contributed by atoms with Crippen LogP contribution >= 0.6 is 15.9 Å². The van der Waals surface area contributed by atoms with Gasteiger partial charge < -0.3 is 15.2 Å². The van der Waals surface area contributed by atoms with Crippen molar-refractivity contribution in [3.63, 3.8) is 0 Å². The topological polar surface area (TPSA) is 112 Å². The summed E-state index contributed by atoms with van der Waals surface area (Å²) >= 11 is 3.39. The largest absolute Gasteiger partial charge is 0.465 e. The first-order chi connectivity index (χ1) is 12.8. The van der Waals surface area contributed by atoms with Crippen LogP contribution in [-0.2, 0) is 19.5 Å². The number of aromatic nitrogens is 1. The average molecular weight is 456 g/mol. The lowest BCUT2D eigenvalue weighted by molar-refractivity contribution is 0.0600. The average Bonchev–Trinajstić information content (AvgIpc) is 2.69. The lowest BCUT2D eigenvalue weighted by Gasteiger charge is -2.26. The molecule has 1 aromatic heterocycles. The minimum Gasteiger partial charge on any atom is -0.465 e. The Morgan fingerprint density at radius 2 is 2.00 bits per heavy atom. The SMILES string of the molecule is COC(=O)c1ccnc(-c2cc(N)c(S(=O)(=O)N3CCOCC3)cc2Br)c1.